The van der Waals surface area contributed by atoms with Crippen LogP contribution in [0.15, 0.2) is 29.3 Å². The maximum Gasteiger partial charge on any atom is 0.416 e. The predicted molar refractivity (Wildman–Crippen MR) is 125 cm³/mol. The molecule has 2 aliphatic rings. The second kappa shape index (κ2) is 9.33. The van der Waals surface area contributed by atoms with Crippen molar-refractivity contribution in [1.29, 1.82) is 0 Å². The summed E-state index contributed by atoms with van der Waals surface area (Å²) in [5.74, 6) is -0.433. The van der Waals surface area contributed by atoms with Crippen LogP contribution in [0.5, 0.6) is 5.75 Å². The summed E-state index contributed by atoms with van der Waals surface area (Å²) in [5.41, 5.74) is -0.225. The van der Waals surface area contributed by atoms with Crippen LogP contribution >= 0.6 is 0 Å². The van der Waals surface area contributed by atoms with Crippen molar-refractivity contribution in [2.45, 2.75) is 64.2 Å². The summed E-state index contributed by atoms with van der Waals surface area (Å²) < 4.78 is 49.9. The molecule has 1 atom stereocenters. The lowest BCUT2D eigenvalue weighted by Gasteiger charge is -2.38. The Hall–Kier alpha value is -3.24. The van der Waals surface area contributed by atoms with Gasteiger partial charge in [0.2, 0.25) is 0 Å². The molecule has 0 spiro atoms. The molecule has 0 bridgehead atoms. The van der Waals surface area contributed by atoms with E-state index in [1.807, 2.05) is 37.2 Å². The Bertz CT molecular complexity index is 1240. The van der Waals surface area contributed by atoms with Gasteiger partial charge in [-0.25, -0.2) is 4.79 Å². The van der Waals surface area contributed by atoms with E-state index in [9.17, 15) is 27.9 Å². The van der Waals surface area contributed by atoms with Crippen LogP contribution in [0.25, 0.3) is 0 Å². The van der Waals surface area contributed by atoms with Gasteiger partial charge in [-0.3, -0.25) is 14.2 Å². The first kappa shape index (κ1) is 25.8. The number of benzene rings is 1. The van der Waals surface area contributed by atoms with Gasteiger partial charge < -0.3 is 14.7 Å². The number of nitrogens with zero attached hydrogens (tertiary/aromatic N) is 4. The third kappa shape index (κ3) is 5.44. The standard InChI is InChI=1S/C25H31F3N4O4/c1-24(2,3)20-12-21(32(30(20)4)13-15-5-6-15)29-22(33)18-11-16(25(26,27)28)7-8-19(18)36-14-17-9-10-31(17)23(34)35/h7-8,11-12,15,17H,5-6,9-10,13-14H2,1-4H3,(H,34,35)/b29-21+/t17-/m0/s1. The summed E-state index contributed by atoms with van der Waals surface area (Å²) in [4.78, 5) is 30.0. The van der Waals surface area contributed by atoms with Gasteiger partial charge in [0.1, 0.15) is 12.4 Å². The number of ether oxygens (including phenoxy) is 1. The Balaban J connectivity index is 1.71. The van der Waals surface area contributed by atoms with E-state index in [0.29, 0.717) is 30.9 Å². The van der Waals surface area contributed by atoms with E-state index in [-0.39, 0.29) is 23.3 Å². The molecular formula is C25H31F3N4O4. The average Bonchev–Trinajstić information content (AvgIpc) is 3.50. The van der Waals surface area contributed by atoms with Crippen molar-refractivity contribution in [3.05, 3.63) is 46.6 Å². The molecule has 1 aromatic carbocycles. The molecule has 196 valence electrons. The Labute approximate surface area is 207 Å². The van der Waals surface area contributed by atoms with Crippen molar-refractivity contribution >= 4 is 12.0 Å². The number of rotatable bonds is 6. The van der Waals surface area contributed by atoms with E-state index in [1.165, 1.54) is 4.90 Å². The zero-order chi connectivity index (χ0) is 26.4. The Morgan fingerprint density at radius 3 is 2.36 bits per heavy atom. The maximum atomic E-state index is 13.4. The van der Waals surface area contributed by atoms with Gasteiger partial charge in [-0.05, 0) is 43.4 Å². The van der Waals surface area contributed by atoms with Crippen LogP contribution < -0.4 is 10.2 Å². The lowest BCUT2D eigenvalue weighted by atomic mass is 9.92. The molecule has 0 radical (unpaired) electrons. The molecule has 1 N–H and O–H groups in total. The van der Waals surface area contributed by atoms with E-state index in [2.05, 4.69) is 4.99 Å². The van der Waals surface area contributed by atoms with Crippen LogP contribution in [-0.2, 0) is 25.2 Å². The fourth-order valence-corrected chi connectivity index (χ4v) is 4.34. The van der Waals surface area contributed by atoms with E-state index in [1.54, 1.807) is 6.07 Å². The number of aromatic nitrogens is 2. The monoisotopic (exact) mass is 508 g/mol. The number of carbonyl (C=O) groups is 2. The first-order valence-corrected chi connectivity index (χ1v) is 12.0. The smallest absolute Gasteiger partial charge is 0.416 e. The zero-order valence-electron chi connectivity index (χ0n) is 20.8. The van der Waals surface area contributed by atoms with Gasteiger partial charge in [0.05, 0.1) is 17.2 Å². The lowest BCUT2D eigenvalue weighted by Crippen LogP contribution is -2.53. The Kier molecular flexibility index (Phi) is 6.70. The molecule has 0 unspecified atom stereocenters. The fourth-order valence-electron chi connectivity index (χ4n) is 4.34. The van der Waals surface area contributed by atoms with Gasteiger partial charge in [-0.2, -0.15) is 18.2 Å². The summed E-state index contributed by atoms with van der Waals surface area (Å²) in [6.45, 7) is 7.07. The number of hydrogen-bond acceptors (Lipinski definition) is 3. The quantitative estimate of drug-likeness (QED) is 0.626. The zero-order valence-corrected chi connectivity index (χ0v) is 20.8. The van der Waals surface area contributed by atoms with E-state index in [4.69, 9.17) is 4.74 Å². The normalized spacial score (nSPS) is 18.8. The molecule has 2 amide bonds. The molecule has 4 rings (SSSR count). The van der Waals surface area contributed by atoms with Crippen LogP contribution in [0.1, 0.15) is 61.6 Å². The van der Waals surface area contributed by atoms with Crippen LogP contribution in [0, 0.1) is 5.92 Å². The third-order valence-corrected chi connectivity index (χ3v) is 6.71. The van der Waals surface area contributed by atoms with E-state index in [0.717, 1.165) is 36.7 Å². The van der Waals surface area contributed by atoms with E-state index < -0.39 is 29.8 Å². The molecule has 1 aliphatic heterocycles. The Morgan fingerprint density at radius 2 is 1.83 bits per heavy atom. The number of hydrogen-bond donors (Lipinski definition) is 1. The molecule has 1 saturated heterocycles. The minimum atomic E-state index is -4.65. The van der Waals surface area contributed by atoms with Crippen molar-refractivity contribution in [2.24, 2.45) is 18.0 Å². The molecular weight excluding hydrogens is 477 g/mol. The van der Waals surface area contributed by atoms with Crippen LogP contribution in [-0.4, -0.2) is 50.6 Å². The van der Waals surface area contributed by atoms with Crippen molar-refractivity contribution in [3.8, 4) is 5.75 Å². The highest BCUT2D eigenvalue weighted by molar-refractivity contribution is 5.97. The van der Waals surface area contributed by atoms with Crippen molar-refractivity contribution in [2.75, 3.05) is 13.2 Å². The third-order valence-electron chi connectivity index (χ3n) is 6.71. The van der Waals surface area contributed by atoms with Crippen LogP contribution in [0.3, 0.4) is 0 Å². The highest BCUT2D eigenvalue weighted by atomic mass is 19.4. The first-order valence-electron chi connectivity index (χ1n) is 12.0. The number of likely N-dealkylation sites (tertiary alicyclic amines) is 1. The number of carbonyl (C=O) groups excluding carboxylic acids is 1. The molecule has 2 aromatic rings. The van der Waals surface area contributed by atoms with Gasteiger partial charge >= 0.3 is 12.3 Å². The topological polar surface area (TPSA) is 89.1 Å². The highest BCUT2D eigenvalue weighted by Crippen LogP contribution is 2.34. The van der Waals surface area contributed by atoms with Gasteiger partial charge in [0, 0.05) is 37.3 Å². The average molecular weight is 509 g/mol. The molecule has 2 heterocycles. The summed E-state index contributed by atoms with van der Waals surface area (Å²) >= 11 is 0. The van der Waals surface area contributed by atoms with Crippen molar-refractivity contribution in [1.82, 2.24) is 14.3 Å². The van der Waals surface area contributed by atoms with Crippen LogP contribution in [0.4, 0.5) is 18.0 Å². The number of carboxylic acid groups (broad SMARTS) is 1. The first-order chi connectivity index (χ1) is 16.8. The molecule has 1 aliphatic carbocycles. The number of amides is 2. The molecule has 36 heavy (non-hydrogen) atoms. The second-order valence-electron chi connectivity index (χ2n) is 10.5. The fraction of sp³-hybridized carbons (Fsp3) is 0.560. The minimum absolute atomic E-state index is 0.0605. The summed E-state index contributed by atoms with van der Waals surface area (Å²) in [5, 5.41) is 9.18. The van der Waals surface area contributed by atoms with Gasteiger partial charge in [-0.15, -0.1) is 0 Å². The molecule has 2 fully saturated rings. The van der Waals surface area contributed by atoms with E-state index >= 15 is 0 Å². The summed E-state index contributed by atoms with van der Waals surface area (Å²) in [7, 11) is 1.89. The summed E-state index contributed by atoms with van der Waals surface area (Å²) in [6.07, 6.45) is -3.01. The lowest BCUT2D eigenvalue weighted by molar-refractivity contribution is -0.137. The molecule has 1 saturated carbocycles. The second-order valence-corrected chi connectivity index (χ2v) is 10.5. The SMILES string of the molecule is Cn1c(C(C)(C)C)c/c(=N\C(=O)c2cc(C(F)(F)F)ccc2OC[C@@H]2CCN2C(=O)O)n1CC1CC1. The molecule has 8 nitrogen and oxygen atoms in total. The maximum absolute atomic E-state index is 13.4. The largest absolute Gasteiger partial charge is 0.491 e. The van der Waals surface area contributed by atoms with Crippen LogP contribution in [0.2, 0.25) is 0 Å². The number of alkyl halides is 3. The van der Waals surface area contributed by atoms with Crippen molar-refractivity contribution in [3.63, 3.8) is 0 Å². The van der Waals surface area contributed by atoms with Gasteiger partial charge in [0.15, 0.2) is 5.49 Å². The highest BCUT2D eigenvalue weighted by Gasteiger charge is 2.35. The van der Waals surface area contributed by atoms with Gasteiger partial charge in [-0.1, -0.05) is 20.8 Å². The molecule has 11 heteroatoms. The minimum Gasteiger partial charge on any atom is -0.491 e. The van der Waals surface area contributed by atoms with Gasteiger partial charge in [0.25, 0.3) is 5.91 Å². The predicted octanol–water partition coefficient (Wildman–Crippen LogP) is 4.43. The Morgan fingerprint density at radius 1 is 1.14 bits per heavy atom. The number of halogens is 3. The summed E-state index contributed by atoms with van der Waals surface area (Å²) in [6, 6.07) is 4.06. The molecule has 1 aromatic heterocycles. The van der Waals surface area contributed by atoms with Crippen molar-refractivity contribution < 1.29 is 32.6 Å².